The van der Waals surface area contributed by atoms with Crippen molar-refractivity contribution in [2.75, 3.05) is 31.2 Å². The summed E-state index contributed by atoms with van der Waals surface area (Å²) in [5.41, 5.74) is 6.08. The van der Waals surface area contributed by atoms with Gasteiger partial charge in [0.25, 0.3) is 0 Å². The molecule has 1 aliphatic heterocycles. The van der Waals surface area contributed by atoms with Crippen molar-refractivity contribution in [3.63, 3.8) is 0 Å². The topological polar surface area (TPSA) is 102 Å². The van der Waals surface area contributed by atoms with Gasteiger partial charge in [0, 0.05) is 18.8 Å². The Morgan fingerprint density at radius 2 is 2.29 bits per heavy atom. The number of methoxy groups -OCH3 is 1. The minimum absolute atomic E-state index is 0.0368. The highest BCUT2D eigenvalue weighted by molar-refractivity contribution is 6.13. The molecular weight excluding hydrogens is 313 g/mol. The Morgan fingerprint density at radius 1 is 1.46 bits per heavy atom. The maximum Gasteiger partial charge on any atom is 0.224 e. The number of anilines is 2. The first kappa shape index (κ1) is 16.1. The van der Waals surface area contributed by atoms with Crippen LogP contribution in [0.4, 0.5) is 16.2 Å². The molecule has 1 saturated heterocycles. The third-order valence-electron chi connectivity index (χ3n) is 3.86. The van der Waals surface area contributed by atoms with Crippen LogP contribution < -0.4 is 21.1 Å². The Labute approximate surface area is 138 Å². The van der Waals surface area contributed by atoms with Crippen molar-refractivity contribution in [2.45, 2.75) is 12.5 Å². The first-order chi connectivity index (χ1) is 11.6. The number of aromatic nitrogens is 2. The van der Waals surface area contributed by atoms with Crippen LogP contribution in [-0.4, -0.2) is 42.0 Å². The van der Waals surface area contributed by atoms with Crippen molar-refractivity contribution in [2.24, 2.45) is 0 Å². The smallest absolute Gasteiger partial charge is 0.224 e. The van der Waals surface area contributed by atoms with Crippen LogP contribution in [0.15, 0.2) is 24.4 Å². The molecule has 1 atom stereocenters. The number of benzene rings is 1. The predicted molar refractivity (Wildman–Crippen MR) is 87.7 cm³/mol. The van der Waals surface area contributed by atoms with Gasteiger partial charge in [-0.3, -0.25) is 4.79 Å². The van der Waals surface area contributed by atoms with Gasteiger partial charge in [0.05, 0.1) is 18.2 Å². The second-order valence-corrected chi connectivity index (χ2v) is 5.50. The summed E-state index contributed by atoms with van der Waals surface area (Å²) < 4.78 is 18.6. The van der Waals surface area contributed by atoms with Crippen molar-refractivity contribution < 1.29 is 13.9 Å². The van der Waals surface area contributed by atoms with Gasteiger partial charge in [-0.15, -0.1) is 0 Å². The van der Waals surface area contributed by atoms with Gasteiger partial charge in [-0.05, 0) is 31.2 Å². The van der Waals surface area contributed by atoms with E-state index in [2.05, 4.69) is 20.6 Å². The second kappa shape index (κ2) is 6.79. The SMILES string of the molecule is COc1ccc(F)cc1C(=O)c1cnc(NC2CCNC2)nc1N. The molecule has 0 amide bonds. The van der Waals surface area contributed by atoms with Crippen molar-refractivity contribution in [3.8, 4) is 5.75 Å². The number of hydrogen-bond donors (Lipinski definition) is 3. The second-order valence-electron chi connectivity index (χ2n) is 5.50. The van der Waals surface area contributed by atoms with E-state index in [4.69, 9.17) is 10.5 Å². The highest BCUT2D eigenvalue weighted by atomic mass is 19.1. The highest BCUT2D eigenvalue weighted by Crippen LogP contribution is 2.24. The van der Waals surface area contributed by atoms with Crippen LogP contribution in [-0.2, 0) is 0 Å². The van der Waals surface area contributed by atoms with Gasteiger partial charge in [0.2, 0.25) is 11.7 Å². The molecule has 24 heavy (non-hydrogen) atoms. The normalized spacial score (nSPS) is 16.8. The summed E-state index contributed by atoms with van der Waals surface area (Å²) in [6.45, 7) is 1.76. The van der Waals surface area contributed by atoms with Crippen molar-refractivity contribution in [3.05, 3.63) is 41.3 Å². The molecule has 1 aliphatic rings. The zero-order valence-electron chi connectivity index (χ0n) is 13.2. The molecule has 126 valence electrons. The Balaban J connectivity index is 1.86. The zero-order valence-corrected chi connectivity index (χ0v) is 13.2. The largest absolute Gasteiger partial charge is 0.496 e. The number of nitrogens with two attached hydrogens (primary N) is 1. The van der Waals surface area contributed by atoms with E-state index in [1.54, 1.807) is 0 Å². The van der Waals surface area contributed by atoms with Gasteiger partial charge in [0.1, 0.15) is 17.4 Å². The number of nitrogens with zero attached hydrogens (tertiary/aromatic N) is 2. The van der Waals surface area contributed by atoms with E-state index in [9.17, 15) is 9.18 Å². The van der Waals surface area contributed by atoms with Gasteiger partial charge in [-0.1, -0.05) is 0 Å². The maximum atomic E-state index is 13.5. The van der Waals surface area contributed by atoms with Crippen LogP contribution in [0.3, 0.4) is 0 Å². The van der Waals surface area contributed by atoms with Gasteiger partial charge in [-0.25, -0.2) is 9.37 Å². The summed E-state index contributed by atoms with van der Waals surface area (Å²) >= 11 is 0. The molecular formula is C16H18FN5O2. The number of carbonyl (C=O) groups is 1. The lowest BCUT2D eigenvalue weighted by Crippen LogP contribution is -2.24. The Morgan fingerprint density at radius 3 is 2.96 bits per heavy atom. The minimum Gasteiger partial charge on any atom is -0.496 e. The fourth-order valence-corrected chi connectivity index (χ4v) is 2.60. The van der Waals surface area contributed by atoms with Crippen LogP contribution in [0.5, 0.6) is 5.75 Å². The van der Waals surface area contributed by atoms with Gasteiger partial charge in [0.15, 0.2) is 0 Å². The molecule has 2 aromatic rings. The summed E-state index contributed by atoms with van der Waals surface area (Å²) in [6.07, 6.45) is 2.31. The number of rotatable bonds is 5. The summed E-state index contributed by atoms with van der Waals surface area (Å²) in [6, 6.07) is 3.95. The number of halogens is 1. The lowest BCUT2D eigenvalue weighted by atomic mass is 10.0. The molecule has 2 heterocycles. The fraction of sp³-hybridized carbons (Fsp3) is 0.312. The zero-order chi connectivity index (χ0) is 17.1. The summed E-state index contributed by atoms with van der Waals surface area (Å²) in [5.74, 6) is -0.359. The Kier molecular flexibility index (Phi) is 4.57. The minimum atomic E-state index is -0.536. The van der Waals surface area contributed by atoms with Gasteiger partial charge < -0.3 is 21.1 Å². The Bertz CT molecular complexity index is 762. The van der Waals surface area contributed by atoms with Crippen molar-refractivity contribution >= 4 is 17.5 Å². The average molecular weight is 331 g/mol. The number of ether oxygens (including phenoxy) is 1. The van der Waals surface area contributed by atoms with E-state index in [0.717, 1.165) is 25.6 Å². The van der Waals surface area contributed by atoms with E-state index in [1.165, 1.54) is 25.4 Å². The van der Waals surface area contributed by atoms with Gasteiger partial charge >= 0.3 is 0 Å². The van der Waals surface area contributed by atoms with E-state index < -0.39 is 11.6 Å². The molecule has 0 aliphatic carbocycles. The molecule has 4 N–H and O–H groups in total. The number of ketones is 1. The summed E-state index contributed by atoms with van der Waals surface area (Å²) in [5, 5.41) is 6.38. The molecule has 1 aromatic carbocycles. The number of nitrogen functional groups attached to an aromatic ring is 1. The third-order valence-corrected chi connectivity index (χ3v) is 3.86. The number of hydrogen-bond acceptors (Lipinski definition) is 7. The standard InChI is InChI=1S/C16H18FN5O2/c1-24-13-3-2-9(17)6-11(13)14(23)12-8-20-16(22-15(12)18)21-10-4-5-19-7-10/h2-3,6,8,10,19H,4-5,7H2,1H3,(H3,18,20,21,22). The maximum absolute atomic E-state index is 13.5. The molecule has 8 heteroatoms. The van der Waals surface area contributed by atoms with E-state index >= 15 is 0 Å². The van der Waals surface area contributed by atoms with Crippen LogP contribution in [0.1, 0.15) is 22.3 Å². The summed E-state index contributed by atoms with van der Waals surface area (Å²) in [4.78, 5) is 20.9. The van der Waals surface area contributed by atoms with Crippen LogP contribution in [0.25, 0.3) is 0 Å². The third kappa shape index (κ3) is 3.28. The molecule has 1 fully saturated rings. The molecule has 7 nitrogen and oxygen atoms in total. The molecule has 0 bridgehead atoms. The molecule has 0 saturated carbocycles. The van der Waals surface area contributed by atoms with Crippen molar-refractivity contribution in [1.82, 2.24) is 15.3 Å². The van der Waals surface area contributed by atoms with Crippen LogP contribution >= 0.6 is 0 Å². The number of nitrogens with one attached hydrogen (secondary N) is 2. The lowest BCUT2D eigenvalue weighted by Gasteiger charge is -2.13. The summed E-state index contributed by atoms with van der Waals surface area (Å²) in [7, 11) is 1.41. The molecule has 0 radical (unpaired) electrons. The quantitative estimate of drug-likeness (QED) is 0.708. The van der Waals surface area contributed by atoms with Gasteiger partial charge in [-0.2, -0.15) is 4.98 Å². The Hall–Kier alpha value is -2.74. The highest BCUT2D eigenvalue weighted by Gasteiger charge is 2.21. The molecule has 0 spiro atoms. The van der Waals surface area contributed by atoms with Crippen molar-refractivity contribution in [1.29, 1.82) is 0 Å². The molecule has 3 rings (SSSR count). The average Bonchev–Trinajstić information content (AvgIpc) is 3.07. The monoisotopic (exact) mass is 331 g/mol. The first-order valence-corrected chi connectivity index (χ1v) is 7.56. The first-order valence-electron chi connectivity index (χ1n) is 7.56. The molecule has 1 unspecified atom stereocenters. The van der Waals surface area contributed by atoms with E-state index in [1.807, 2.05) is 0 Å². The number of carbonyl (C=O) groups excluding carboxylic acids is 1. The van der Waals surface area contributed by atoms with Crippen LogP contribution in [0, 0.1) is 5.82 Å². The van der Waals surface area contributed by atoms with E-state index in [0.29, 0.717) is 5.95 Å². The predicted octanol–water partition coefficient (Wildman–Crippen LogP) is 1.21. The van der Waals surface area contributed by atoms with E-state index in [-0.39, 0.29) is 28.7 Å². The van der Waals surface area contributed by atoms with Crippen LogP contribution in [0.2, 0.25) is 0 Å². The molecule has 1 aromatic heterocycles. The lowest BCUT2D eigenvalue weighted by molar-refractivity contribution is 0.103. The fourth-order valence-electron chi connectivity index (χ4n) is 2.60.